The van der Waals surface area contributed by atoms with E-state index in [2.05, 4.69) is 0 Å². The van der Waals surface area contributed by atoms with Gasteiger partial charge in [-0.3, -0.25) is 0 Å². The lowest BCUT2D eigenvalue weighted by Crippen LogP contribution is -2.29. The largest absolute Gasteiger partial charge is 0.477 e. The SMILES string of the molecule is CN1CC(C(F)F)=CC=C1C(=O)O. The lowest BCUT2D eigenvalue weighted by atomic mass is 10.1. The molecule has 0 fully saturated rings. The maximum absolute atomic E-state index is 12.2. The summed E-state index contributed by atoms with van der Waals surface area (Å²) in [4.78, 5) is 11.8. The van der Waals surface area contributed by atoms with Crippen LogP contribution in [-0.2, 0) is 4.79 Å². The lowest BCUT2D eigenvalue weighted by molar-refractivity contribution is -0.134. The van der Waals surface area contributed by atoms with Crippen molar-refractivity contribution in [3.63, 3.8) is 0 Å². The summed E-state index contributed by atoms with van der Waals surface area (Å²) in [6, 6.07) is 0. The highest BCUT2D eigenvalue weighted by molar-refractivity contribution is 5.86. The summed E-state index contributed by atoms with van der Waals surface area (Å²) < 4.78 is 24.3. The van der Waals surface area contributed by atoms with Crippen molar-refractivity contribution in [2.24, 2.45) is 0 Å². The third-order valence-corrected chi connectivity index (χ3v) is 1.79. The van der Waals surface area contributed by atoms with Crippen LogP contribution in [0.3, 0.4) is 0 Å². The van der Waals surface area contributed by atoms with E-state index in [4.69, 9.17) is 5.11 Å². The zero-order chi connectivity index (χ0) is 10.0. The Labute approximate surface area is 74.0 Å². The summed E-state index contributed by atoms with van der Waals surface area (Å²) in [6.45, 7) is -0.0319. The summed E-state index contributed by atoms with van der Waals surface area (Å²) in [7, 11) is 1.47. The van der Waals surface area contributed by atoms with E-state index in [0.717, 1.165) is 6.08 Å². The van der Waals surface area contributed by atoms with Crippen LogP contribution in [0.5, 0.6) is 0 Å². The zero-order valence-corrected chi connectivity index (χ0v) is 7.00. The Morgan fingerprint density at radius 2 is 2.23 bits per heavy atom. The van der Waals surface area contributed by atoms with Gasteiger partial charge in [0.05, 0.1) is 0 Å². The molecule has 1 aliphatic heterocycles. The quantitative estimate of drug-likeness (QED) is 0.706. The molecule has 72 valence electrons. The normalized spacial score (nSPS) is 17.1. The Hall–Kier alpha value is -1.39. The molecule has 0 atom stereocenters. The number of allylic oxidation sites excluding steroid dienone is 2. The van der Waals surface area contributed by atoms with E-state index in [1.54, 1.807) is 0 Å². The molecule has 13 heavy (non-hydrogen) atoms. The van der Waals surface area contributed by atoms with Crippen molar-refractivity contribution in [2.75, 3.05) is 13.6 Å². The van der Waals surface area contributed by atoms with Crippen molar-refractivity contribution in [2.45, 2.75) is 6.43 Å². The van der Waals surface area contributed by atoms with Gasteiger partial charge in [-0.25, -0.2) is 13.6 Å². The Morgan fingerprint density at radius 1 is 1.62 bits per heavy atom. The minimum Gasteiger partial charge on any atom is -0.477 e. The van der Waals surface area contributed by atoms with Gasteiger partial charge < -0.3 is 10.0 Å². The topological polar surface area (TPSA) is 40.5 Å². The molecule has 0 aromatic rings. The van der Waals surface area contributed by atoms with E-state index in [0.29, 0.717) is 0 Å². The van der Waals surface area contributed by atoms with E-state index in [9.17, 15) is 13.6 Å². The maximum atomic E-state index is 12.2. The molecule has 0 aliphatic carbocycles. The predicted molar refractivity (Wildman–Crippen MR) is 42.4 cm³/mol. The van der Waals surface area contributed by atoms with Gasteiger partial charge in [0.2, 0.25) is 0 Å². The van der Waals surface area contributed by atoms with Gasteiger partial charge in [-0.15, -0.1) is 0 Å². The number of halogens is 2. The molecule has 0 bridgehead atoms. The summed E-state index contributed by atoms with van der Waals surface area (Å²) in [5, 5.41) is 8.61. The Kier molecular flexibility index (Phi) is 2.65. The fourth-order valence-electron chi connectivity index (χ4n) is 1.10. The smallest absolute Gasteiger partial charge is 0.352 e. The number of nitrogens with zero attached hydrogens (tertiary/aromatic N) is 1. The van der Waals surface area contributed by atoms with Gasteiger partial charge in [0.1, 0.15) is 5.70 Å². The van der Waals surface area contributed by atoms with Crippen LogP contribution in [-0.4, -0.2) is 36.0 Å². The second kappa shape index (κ2) is 3.55. The third-order valence-electron chi connectivity index (χ3n) is 1.79. The number of rotatable bonds is 2. The summed E-state index contributed by atoms with van der Waals surface area (Å²) >= 11 is 0. The van der Waals surface area contributed by atoms with Crippen LogP contribution in [0.1, 0.15) is 0 Å². The van der Waals surface area contributed by atoms with Crippen LogP contribution in [0.25, 0.3) is 0 Å². The second-order valence-electron chi connectivity index (χ2n) is 2.76. The van der Waals surface area contributed by atoms with Crippen LogP contribution in [0.15, 0.2) is 23.4 Å². The average molecular weight is 189 g/mol. The molecule has 0 radical (unpaired) electrons. The minimum absolute atomic E-state index is 0.0319. The van der Waals surface area contributed by atoms with Crippen molar-refractivity contribution in [3.05, 3.63) is 23.4 Å². The standard InChI is InChI=1S/C8H9F2NO2/c1-11-4-5(7(9)10)2-3-6(11)8(12)13/h2-3,7H,4H2,1H3,(H,12,13). The van der Waals surface area contributed by atoms with Crippen molar-refractivity contribution in [3.8, 4) is 0 Å². The highest BCUT2D eigenvalue weighted by Crippen LogP contribution is 2.17. The number of carboxylic acids is 1. The van der Waals surface area contributed by atoms with Crippen LogP contribution in [0, 0.1) is 0 Å². The molecule has 5 heteroatoms. The Morgan fingerprint density at radius 3 is 2.62 bits per heavy atom. The van der Waals surface area contributed by atoms with E-state index >= 15 is 0 Å². The van der Waals surface area contributed by atoms with Gasteiger partial charge >= 0.3 is 5.97 Å². The molecule has 0 saturated carbocycles. The molecule has 3 nitrogen and oxygen atoms in total. The summed E-state index contributed by atoms with van der Waals surface area (Å²) in [5.41, 5.74) is -0.0306. The first kappa shape index (κ1) is 9.70. The molecule has 0 saturated heterocycles. The van der Waals surface area contributed by atoms with E-state index in [-0.39, 0.29) is 17.8 Å². The number of carboxylic acid groups (broad SMARTS) is 1. The molecule has 0 spiro atoms. The minimum atomic E-state index is -2.52. The zero-order valence-electron chi connectivity index (χ0n) is 7.00. The molecule has 0 unspecified atom stereocenters. The van der Waals surface area contributed by atoms with Gasteiger partial charge in [-0.1, -0.05) is 6.08 Å². The molecule has 0 amide bonds. The van der Waals surface area contributed by atoms with Gasteiger partial charge in [0, 0.05) is 19.2 Å². The van der Waals surface area contributed by atoms with Crippen molar-refractivity contribution < 1.29 is 18.7 Å². The fraction of sp³-hybridized carbons (Fsp3) is 0.375. The lowest BCUT2D eigenvalue weighted by Gasteiger charge is -2.24. The van der Waals surface area contributed by atoms with E-state index in [1.165, 1.54) is 18.0 Å². The fourth-order valence-corrected chi connectivity index (χ4v) is 1.10. The summed E-state index contributed by atoms with van der Waals surface area (Å²) in [5.74, 6) is -1.10. The molecule has 1 N–H and O–H groups in total. The highest BCUT2D eigenvalue weighted by atomic mass is 19.3. The highest BCUT2D eigenvalue weighted by Gasteiger charge is 2.21. The number of hydrogen-bond acceptors (Lipinski definition) is 2. The van der Waals surface area contributed by atoms with Crippen molar-refractivity contribution >= 4 is 5.97 Å². The molecular formula is C8H9F2NO2. The first-order chi connectivity index (χ1) is 6.02. The molecule has 1 rings (SSSR count). The number of carbonyl (C=O) groups is 1. The number of aliphatic carboxylic acids is 1. The monoisotopic (exact) mass is 189 g/mol. The van der Waals surface area contributed by atoms with E-state index < -0.39 is 12.4 Å². The number of hydrogen-bond donors (Lipinski definition) is 1. The van der Waals surface area contributed by atoms with Gasteiger partial charge in [0.25, 0.3) is 6.43 Å². The number of alkyl halides is 2. The Bertz CT molecular complexity index is 284. The summed E-state index contributed by atoms with van der Waals surface area (Å²) in [6.07, 6.45) is -0.171. The maximum Gasteiger partial charge on any atom is 0.352 e. The molecule has 0 aromatic heterocycles. The van der Waals surface area contributed by atoms with Crippen molar-refractivity contribution in [1.82, 2.24) is 4.90 Å². The van der Waals surface area contributed by atoms with Gasteiger partial charge in [-0.05, 0) is 6.08 Å². The number of likely N-dealkylation sites (N-methyl/N-ethyl adjacent to an activating group) is 1. The van der Waals surface area contributed by atoms with Crippen LogP contribution >= 0.6 is 0 Å². The van der Waals surface area contributed by atoms with E-state index in [1.807, 2.05) is 0 Å². The van der Waals surface area contributed by atoms with Gasteiger partial charge in [-0.2, -0.15) is 0 Å². The molecular weight excluding hydrogens is 180 g/mol. The van der Waals surface area contributed by atoms with Crippen LogP contribution in [0.4, 0.5) is 8.78 Å². The third kappa shape index (κ3) is 2.05. The van der Waals surface area contributed by atoms with Crippen LogP contribution in [0.2, 0.25) is 0 Å². The first-order valence-electron chi connectivity index (χ1n) is 3.65. The molecule has 0 aromatic carbocycles. The second-order valence-corrected chi connectivity index (χ2v) is 2.76. The predicted octanol–water partition coefficient (Wildman–Crippen LogP) is 1.09. The van der Waals surface area contributed by atoms with Crippen LogP contribution < -0.4 is 0 Å². The molecule has 1 heterocycles. The average Bonchev–Trinajstić information content (AvgIpc) is 2.03. The first-order valence-corrected chi connectivity index (χ1v) is 3.65. The molecule has 1 aliphatic rings. The van der Waals surface area contributed by atoms with Gasteiger partial charge in [0.15, 0.2) is 0 Å². The van der Waals surface area contributed by atoms with Crippen molar-refractivity contribution in [1.29, 1.82) is 0 Å². The Balaban J connectivity index is 2.87.